The molecule has 3 heterocycles. The number of hydrogen-bond donors (Lipinski definition) is 1. The number of hydrogen-bond acceptors (Lipinski definition) is 3. The monoisotopic (exact) mass is 463 g/mol. The van der Waals surface area contributed by atoms with Gasteiger partial charge in [-0.25, -0.2) is 14.2 Å². The molecule has 34 heavy (non-hydrogen) atoms. The summed E-state index contributed by atoms with van der Waals surface area (Å²) in [6, 6.07) is 13.9. The molecular weight excluding hydrogens is 433 g/mol. The van der Waals surface area contributed by atoms with E-state index in [0.717, 1.165) is 42.5 Å². The van der Waals surface area contributed by atoms with Crippen molar-refractivity contribution in [2.45, 2.75) is 38.3 Å². The molecule has 2 aliphatic rings. The average Bonchev–Trinajstić information content (AvgIpc) is 3.55. The van der Waals surface area contributed by atoms with Crippen LogP contribution >= 0.6 is 0 Å². The summed E-state index contributed by atoms with van der Waals surface area (Å²) in [5.41, 5.74) is 2.72. The highest BCUT2D eigenvalue weighted by Gasteiger charge is 2.31. The second-order valence-electron chi connectivity index (χ2n) is 9.24. The first kappa shape index (κ1) is 22.4. The molecule has 2 aromatic carbocycles. The third-order valence-electron chi connectivity index (χ3n) is 7.01. The zero-order valence-electron chi connectivity index (χ0n) is 19.2. The fourth-order valence-electron chi connectivity index (χ4n) is 5.01. The van der Waals surface area contributed by atoms with Gasteiger partial charge in [-0.15, -0.1) is 0 Å². The third kappa shape index (κ3) is 4.76. The minimum atomic E-state index is -0.324. The predicted octanol–water partition coefficient (Wildman–Crippen LogP) is 3.96. The Kier molecular flexibility index (Phi) is 6.47. The van der Waals surface area contributed by atoms with Gasteiger partial charge in [-0.2, -0.15) is 0 Å². The number of halogens is 1. The standard InChI is InChI=1S/C26H30FN5O2/c27-21-9-7-19(8-10-21)23(17-32-18-28-22-5-1-2-6-24(22)32)29-25(33)20-11-15-31(16-12-20)26(34)30-13-3-4-14-30/h1-2,5-10,18,20,23H,3-4,11-17H2,(H,29,33). The number of benzene rings is 2. The zero-order valence-corrected chi connectivity index (χ0v) is 19.2. The number of nitrogens with zero attached hydrogens (tertiary/aromatic N) is 4. The van der Waals surface area contributed by atoms with Crippen molar-refractivity contribution in [3.05, 3.63) is 66.2 Å². The minimum absolute atomic E-state index is 0.0213. The first-order chi connectivity index (χ1) is 16.6. The Morgan fingerprint density at radius 3 is 2.38 bits per heavy atom. The first-order valence-corrected chi connectivity index (χ1v) is 12.1. The Hall–Kier alpha value is -3.42. The Labute approximate surface area is 198 Å². The third-order valence-corrected chi connectivity index (χ3v) is 7.01. The summed E-state index contributed by atoms with van der Waals surface area (Å²) in [5, 5.41) is 3.20. The van der Waals surface area contributed by atoms with E-state index in [0.29, 0.717) is 32.5 Å². The number of carbonyl (C=O) groups excluding carboxylic acids is 2. The van der Waals surface area contributed by atoms with Gasteiger partial charge in [-0.1, -0.05) is 24.3 Å². The van der Waals surface area contributed by atoms with Crippen LogP contribution in [0.15, 0.2) is 54.9 Å². The Morgan fingerprint density at radius 1 is 0.971 bits per heavy atom. The molecule has 1 N–H and O–H groups in total. The topological polar surface area (TPSA) is 70.5 Å². The predicted molar refractivity (Wildman–Crippen MR) is 128 cm³/mol. The van der Waals surface area contributed by atoms with Gasteiger partial charge in [0.1, 0.15) is 5.82 Å². The molecule has 2 fully saturated rings. The average molecular weight is 464 g/mol. The molecule has 178 valence electrons. The minimum Gasteiger partial charge on any atom is -0.347 e. The van der Waals surface area contributed by atoms with Gasteiger partial charge in [-0.05, 0) is 55.5 Å². The summed E-state index contributed by atoms with van der Waals surface area (Å²) in [7, 11) is 0. The van der Waals surface area contributed by atoms with E-state index in [9.17, 15) is 14.0 Å². The van der Waals surface area contributed by atoms with Gasteiger partial charge >= 0.3 is 6.03 Å². The number of rotatable bonds is 5. The smallest absolute Gasteiger partial charge is 0.319 e. The first-order valence-electron chi connectivity index (χ1n) is 12.1. The van der Waals surface area contributed by atoms with Crippen LogP contribution in [0.3, 0.4) is 0 Å². The van der Waals surface area contributed by atoms with Crippen molar-refractivity contribution < 1.29 is 14.0 Å². The number of fused-ring (bicyclic) bond motifs is 1. The summed E-state index contributed by atoms with van der Waals surface area (Å²) in [6.07, 6.45) is 5.21. The zero-order chi connectivity index (χ0) is 23.5. The number of imidazole rings is 1. The van der Waals surface area contributed by atoms with Gasteiger partial charge in [0.15, 0.2) is 0 Å². The van der Waals surface area contributed by atoms with Gasteiger partial charge in [-0.3, -0.25) is 4.79 Å². The molecule has 0 spiro atoms. The molecule has 7 nitrogen and oxygen atoms in total. The van der Waals surface area contributed by atoms with E-state index in [1.54, 1.807) is 18.5 Å². The van der Waals surface area contributed by atoms with Crippen molar-refractivity contribution in [1.29, 1.82) is 0 Å². The number of para-hydroxylation sites is 2. The van der Waals surface area contributed by atoms with Gasteiger partial charge in [0.25, 0.3) is 0 Å². The van der Waals surface area contributed by atoms with Crippen molar-refractivity contribution in [3.63, 3.8) is 0 Å². The van der Waals surface area contributed by atoms with Crippen LogP contribution in [0.2, 0.25) is 0 Å². The maximum Gasteiger partial charge on any atom is 0.319 e. The van der Waals surface area contributed by atoms with Crippen molar-refractivity contribution in [1.82, 2.24) is 24.7 Å². The number of urea groups is 1. The van der Waals surface area contributed by atoms with Crippen molar-refractivity contribution in [2.75, 3.05) is 26.2 Å². The molecule has 0 bridgehead atoms. The van der Waals surface area contributed by atoms with Crippen molar-refractivity contribution in [2.24, 2.45) is 5.92 Å². The van der Waals surface area contributed by atoms with E-state index >= 15 is 0 Å². The molecule has 3 amide bonds. The Morgan fingerprint density at radius 2 is 1.65 bits per heavy atom. The van der Waals surface area contributed by atoms with Crippen LogP contribution in [0.4, 0.5) is 9.18 Å². The number of likely N-dealkylation sites (tertiary alicyclic amines) is 2. The maximum absolute atomic E-state index is 13.6. The van der Waals surface area contributed by atoms with Crippen molar-refractivity contribution in [3.8, 4) is 0 Å². The normalized spacial score (nSPS) is 17.8. The molecule has 0 radical (unpaired) electrons. The second kappa shape index (κ2) is 9.83. The summed E-state index contributed by atoms with van der Waals surface area (Å²) in [5.74, 6) is -0.478. The molecule has 2 saturated heterocycles. The molecule has 1 aromatic heterocycles. The summed E-state index contributed by atoms with van der Waals surface area (Å²) in [4.78, 5) is 34.2. The lowest BCUT2D eigenvalue weighted by Crippen LogP contribution is -2.48. The van der Waals surface area contributed by atoms with Crippen LogP contribution in [-0.2, 0) is 11.3 Å². The number of carbonyl (C=O) groups is 2. The molecule has 1 atom stereocenters. The molecule has 0 saturated carbocycles. The lowest BCUT2D eigenvalue weighted by molar-refractivity contribution is -0.127. The maximum atomic E-state index is 13.6. The number of piperidine rings is 1. The van der Waals surface area contributed by atoms with Crippen LogP contribution < -0.4 is 5.32 Å². The number of aromatic nitrogens is 2. The van der Waals surface area contributed by atoms with Gasteiger partial charge in [0, 0.05) is 38.6 Å². The van der Waals surface area contributed by atoms with Gasteiger partial charge in [0.2, 0.25) is 5.91 Å². The van der Waals surface area contributed by atoms with E-state index < -0.39 is 0 Å². The molecule has 8 heteroatoms. The van der Waals surface area contributed by atoms with Gasteiger partial charge in [0.05, 0.1) is 23.4 Å². The molecular formula is C26H30FN5O2. The van der Waals surface area contributed by atoms with Crippen LogP contribution in [0, 0.1) is 11.7 Å². The molecule has 0 aliphatic carbocycles. The summed E-state index contributed by atoms with van der Waals surface area (Å²) in [6.45, 7) is 3.36. The highest BCUT2D eigenvalue weighted by Crippen LogP contribution is 2.24. The molecule has 2 aliphatic heterocycles. The Balaban J connectivity index is 1.27. The van der Waals surface area contributed by atoms with E-state index in [-0.39, 0.29) is 29.7 Å². The molecule has 5 rings (SSSR count). The highest BCUT2D eigenvalue weighted by atomic mass is 19.1. The molecule has 1 unspecified atom stereocenters. The fourth-order valence-corrected chi connectivity index (χ4v) is 5.01. The summed E-state index contributed by atoms with van der Waals surface area (Å²) >= 11 is 0. The highest BCUT2D eigenvalue weighted by molar-refractivity contribution is 5.80. The lowest BCUT2D eigenvalue weighted by Gasteiger charge is -2.34. The van der Waals surface area contributed by atoms with Crippen LogP contribution in [0.1, 0.15) is 37.3 Å². The number of nitrogens with one attached hydrogen (secondary N) is 1. The van der Waals surface area contributed by atoms with Crippen LogP contribution in [-0.4, -0.2) is 57.5 Å². The quantitative estimate of drug-likeness (QED) is 0.623. The lowest BCUT2D eigenvalue weighted by atomic mass is 9.95. The molecule has 3 aromatic rings. The van der Waals surface area contributed by atoms with E-state index in [2.05, 4.69) is 10.3 Å². The van der Waals surface area contributed by atoms with Crippen LogP contribution in [0.5, 0.6) is 0 Å². The Bertz CT molecular complexity index is 1150. The van der Waals surface area contributed by atoms with E-state index in [1.165, 1.54) is 12.1 Å². The number of amides is 3. The van der Waals surface area contributed by atoms with E-state index in [4.69, 9.17) is 0 Å². The van der Waals surface area contributed by atoms with Crippen LogP contribution in [0.25, 0.3) is 11.0 Å². The SMILES string of the molecule is O=C(NC(Cn1cnc2ccccc21)c1ccc(F)cc1)C1CCN(C(=O)N2CCCC2)CC1. The fraction of sp³-hybridized carbons (Fsp3) is 0.423. The summed E-state index contributed by atoms with van der Waals surface area (Å²) < 4.78 is 15.6. The van der Waals surface area contributed by atoms with Gasteiger partial charge < -0.3 is 19.7 Å². The second-order valence-corrected chi connectivity index (χ2v) is 9.24. The largest absolute Gasteiger partial charge is 0.347 e. The van der Waals surface area contributed by atoms with E-state index in [1.807, 2.05) is 38.6 Å². The van der Waals surface area contributed by atoms with Crippen molar-refractivity contribution >= 4 is 23.0 Å².